The molecule has 1 aromatic carbocycles. The van der Waals surface area contributed by atoms with Crippen LogP contribution in [0.15, 0.2) is 35.4 Å². The summed E-state index contributed by atoms with van der Waals surface area (Å²) in [7, 11) is 0. The SMILES string of the molecule is [N-]=[N+]=NCCCNC(CCc1ccccc1)C(N)=O. The molecule has 0 aliphatic heterocycles. The molecule has 102 valence electrons. The van der Waals surface area contributed by atoms with Gasteiger partial charge in [0.15, 0.2) is 0 Å². The van der Waals surface area contributed by atoms with Crippen LogP contribution in [0.1, 0.15) is 18.4 Å². The summed E-state index contributed by atoms with van der Waals surface area (Å²) >= 11 is 0. The predicted molar refractivity (Wildman–Crippen MR) is 74.4 cm³/mol. The minimum atomic E-state index is -0.347. The van der Waals surface area contributed by atoms with Crippen LogP contribution in [-0.2, 0) is 11.2 Å². The minimum absolute atomic E-state index is 0.341. The van der Waals surface area contributed by atoms with E-state index in [4.69, 9.17) is 11.3 Å². The summed E-state index contributed by atoms with van der Waals surface area (Å²) in [5, 5.41) is 6.52. The van der Waals surface area contributed by atoms with Crippen LogP contribution in [0.3, 0.4) is 0 Å². The Morgan fingerprint density at radius 2 is 2.16 bits per heavy atom. The molecule has 3 N–H and O–H groups in total. The Balaban J connectivity index is 2.32. The van der Waals surface area contributed by atoms with Crippen molar-refractivity contribution in [3.05, 3.63) is 46.3 Å². The van der Waals surface area contributed by atoms with Crippen molar-refractivity contribution in [3.8, 4) is 0 Å². The number of nitrogens with two attached hydrogens (primary N) is 1. The lowest BCUT2D eigenvalue weighted by atomic mass is 10.0. The van der Waals surface area contributed by atoms with Gasteiger partial charge in [-0.3, -0.25) is 4.79 Å². The summed E-state index contributed by atoms with van der Waals surface area (Å²) in [6.07, 6.45) is 2.16. The summed E-state index contributed by atoms with van der Waals surface area (Å²) in [5.41, 5.74) is 14.7. The van der Waals surface area contributed by atoms with E-state index in [-0.39, 0.29) is 11.9 Å². The number of amides is 1. The lowest BCUT2D eigenvalue weighted by Crippen LogP contribution is -2.42. The number of rotatable bonds is 9. The number of aryl methyl sites for hydroxylation is 1. The van der Waals surface area contributed by atoms with E-state index in [1.807, 2.05) is 30.3 Å². The van der Waals surface area contributed by atoms with Crippen molar-refractivity contribution in [1.82, 2.24) is 5.32 Å². The number of carbonyl (C=O) groups excluding carboxylic acids is 1. The van der Waals surface area contributed by atoms with E-state index in [0.717, 1.165) is 6.42 Å². The maximum Gasteiger partial charge on any atom is 0.234 e. The molecule has 0 saturated carbocycles. The van der Waals surface area contributed by atoms with Gasteiger partial charge in [-0.05, 0) is 36.9 Å². The van der Waals surface area contributed by atoms with Gasteiger partial charge < -0.3 is 11.1 Å². The summed E-state index contributed by atoms with van der Waals surface area (Å²) in [6, 6.07) is 9.62. The van der Waals surface area contributed by atoms with Gasteiger partial charge in [0.2, 0.25) is 5.91 Å². The Morgan fingerprint density at radius 1 is 1.42 bits per heavy atom. The number of hydrogen-bond donors (Lipinski definition) is 2. The third kappa shape index (κ3) is 6.45. The molecule has 0 fully saturated rings. The number of benzene rings is 1. The third-order valence-corrected chi connectivity index (χ3v) is 2.80. The quantitative estimate of drug-likeness (QED) is 0.306. The third-order valence-electron chi connectivity index (χ3n) is 2.80. The first-order chi connectivity index (χ1) is 9.24. The first kappa shape index (κ1) is 15.0. The molecule has 1 amide bonds. The number of primary amides is 1. The second-order valence-electron chi connectivity index (χ2n) is 4.24. The van der Waals surface area contributed by atoms with Crippen LogP contribution in [0.5, 0.6) is 0 Å². The smallest absolute Gasteiger partial charge is 0.234 e. The molecule has 1 unspecified atom stereocenters. The van der Waals surface area contributed by atoms with Crippen molar-refractivity contribution >= 4 is 5.91 Å². The zero-order valence-corrected chi connectivity index (χ0v) is 10.8. The normalized spacial score (nSPS) is 11.6. The zero-order valence-electron chi connectivity index (χ0n) is 10.8. The van der Waals surface area contributed by atoms with Gasteiger partial charge in [-0.2, -0.15) is 0 Å². The summed E-state index contributed by atoms with van der Waals surface area (Å²) < 4.78 is 0. The molecule has 0 heterocycles. The number of nitrogens with zero attached hydrogens (tertiary/aromatic N) is 3. The highest BCUT2D eigenvalue weighted by molar-refractivity contribution is 5.79. The molecule has 0 radical (unpaired) electrons. The predicted octanol–water partition coefficient (Wildman–Crippen LogP) is 1.76. The van der Waals surface area contributed by atoms with Crippen molar-refractivity contribution in [2.24, 2.45) is 10.8 Å². The lowest BCUT2D eigenvalue weighted by Gasteiger charge is -2.15. The fourth-order valence-corrected chi connectivity index (χ4v) is 1.77. The van der Waals surface area contributed by atoms with E-state index in [1.54, 1.807) is 0 Å². The van der Waals surface area contributed by atoms with Crippen LogP contribution in [0.4, 0.5) is 0 Å². The van der Waals surface area contributed by atoms with Crippen molar-refractivity contribution < 1.29 is 4.79 Å². The highest BCUT2D eigenvalue weighted by Gasteiger charge is 2.13. The van der Waals surface area contributed by atoms with E-state index in [2.05, 4.69) is 15.3 Å². The zero-order chi connectivity index (χ0) is 13.9. The van der Waals surface area contributed by atoms with E-state index in [1.165, 1.54) is 5.56 Å². The van der Waals surface area contributed by atoms with E-state index < -0.39 is 0 Å². The molecule has 0 spiro atoms. The van der Waals surface area contributed by atoms with E-state index in [9.17, 15) is 4.79 Å². The summed E-state index contributed by atoms with van der Waals surface area (Å²) in [6.45, 7) is 1.04. The summed E-state index contributed by atoms with van der Waals surface area (Å²) in [5.74, 6) is -0.347. The second kappa shape index (κ2) is 8.97. The molecule has 6 heteroatoms. The number of hydrogen-bond acceptors (Lipinski definition) is 3. The Labute approximate surface area is 112 Å². The van der Waals surface area contributed by atoms with Crippen LogP contribution < -0.4 is 11.1 Å². The van der Waals surface area contributed by atoms with Gasteiger partial charge >= 0.3 is 0 Å². The van der Waals surface area contributed by atoms with Crippen molar-refractivity contribution in [2.75, 3.05) is 13.1 Å². The molecule has 19 heavy (non-hydrogen) atoms. The standard InChI is InChI=1S/C13H19N5O/c14-13(19)12(16-9-4-10-17-18-15)8-7-11-5-2-1-3-6-11/h1-3,5-6,12,16H,4,7-10H2,(H2,14,19). The van der Waals surface area contributed by atoms with Crippen LogP contribution in [0.2, 0.25) is 0 Å². The van der Waals surface area contributed by atoms with Crippen molar-refractivity contribution in [3.63, 3.8) is 0 Å². The van der Waals surface area contributed by atoms with Crippen molar-refractivity contribution in [1.29, 1.82) is 0 Å². The van der Waals surface area contributed by atoms with Gasteiger partial charge in [0.05, 0.1) is 6.04 Å². The Kier molecular flexibility index (Phi) is 7.09. The molecule has 0 aliphatic carbocycles. The minimum Gasteiger partial charge on any atom is -0.368 e. The fourth-order valence-electron chi connectivity index (χ4n) is 1.77. The van der Waals surface area contributed by atoms with Gasteiger partial charge in [0, 0.05) is 11.5 Å². The van der Waals surface area contributed by atoms with Crippen LogP contribution >= 0.6 is 0 Å². The maximum atomic E-state index is 11.3. The average molecular weight is 261 g/mol. The second-order valence-corrected chi connectivity index (χ2v) is 4.24. The Bertz CT molecular complexity index is 428. The number of carbonyl (C=O) groups is 1. The monoisotopic (exact) mass is 261 g/mol. The van der Waals surface area contributed by atoms with Crippen LogP contribution in [-0.4, -0.2) is 25.0 Å². The molecular formula is C13H19N5O. The van der Waals surface area contributed by atoms with Crippen LogP contribution in [0, 0.1) is 0 Å². The molecule has 0 bridgehead atoms. The molecule has 0 saturated heterocycles. The van der Waals surface area contributed by atoms with Gasteiger partial charge in [0.25, 0.3) is 0 Å². The van der Waals surface area contributed by atoms with Gasteiger partial charge in [-0.1, -0.05) is 35.4 Å². The van der Waals surface area contributed by atoms with Gasteiger partial charge in [-0.15, -0.1) is 0 Å². The molecule has 1 atom stereocenters. The van der Waals surface area contributed by atoms with E-state index >= 15 is 0 Å². The first-order valence-electron chi connectivity index (χ1n) is 6.31. The highest BCUT2D eigenvalue weighted by atomic mass is 16.1. The molecule has 0 aliphatic rings. The van der Waals surface area contributed by atoms with Gasteiger partial charge in [-0.25, -0.2) is 0 Å². The van der Waals surface area contributed by atoms with Crippen molar-refractivity contribution in [2.45, 2.75) is 25.3 Å². The van der Waals surface area contributed by atoms with Crippen LogP contribution in [0.25, 0.3) is 10.4 Å². The molecular weight excluding hydrogens is 242 g/mol. The average Bonchev–Trinajstić information content (AvgIpc) is 2.42. The Morgan fingerprint density at radius 3 is 2.79 bits per heavy atom. The fraction of sp³-hybridized carbons (Fsp3) is 0.462. The largest absolute Gasteiger partial charge is 0.368 e. The number of azide groups is 1. The first-order valence-corrected chi connectivity index (χ1v) is 6.31. The summed E-state index contributed by atoms with van der Waals surface area (Å²) in [4.78, 5) is 14.0. The molecule has 6 nitrogen and oxygen atoms in total. The molecule has 1 aromatic rings. The Hall–Kier alpha value is -2.04. The highest BCUT2D eigenvalue weighted by Crippen LogP contribution is 2.05. The van der Waals surface area contributed by atoms with E-state index in [0.29, 0.717) is 25.9 Å². The number of nitrogens with one attached hydrogen (secondary N) is 1. The lowest BCUT2D eigenvalue weighted by molar-refractivity contribution is -0.120. The maximum absolute atomic E-state index is 11.3. The molecule has 0 aromatic heterocycles. The topological polar surface area (TPSA) is 104 Å². The molecule has 1 rings (SSSR count). The van der Waals surface area contributed by atoms with Gasteiger partial charge in [0.1, 0.15) is 0 Å².